The summed E-state index contributed by atoms with van der Waals surface area (Å²) in [5.74, 6) is -1.40. The smallest absolute Gasteiger partial charge is 0.462 e. The molecular formula is C79H154O17P2. The molecule has 5 atom stereocenters. The van der Waals surface area contributed by atoms with Crippen LogP contribution in [0.4, 0.5) is 0 Å². The number of ether oxygens (including phenoxy) is 4. The van der Waals surface area contributed by atoms with E-state index >= 15 is 0 Å². The molecule has 0 spiro atoms. The lowest BCUT2D eigenvalue weighted by atomic mass is 10.0. The number of aliphatic hydroxyl groups excluding tert-OH is 1. The minimum absolute atomic E-state index is 0.108. The number of hydrogen-bond acceptors (Lipinski definition) is 15. The van der Waals surface area contributed by atoms with Crippen LogP contribution in [-0.2, 0) is 65.4 Å². The topological polar surface area (TPSA) is 237 Å². The van der Waals surface area contributed by atoms with Crippen molar-refractivity contribution in [3.63, 3.8) is 0 Å². The Labute approximate surface area is 600 Å². The molecule has 3 N–H and O–H groups in total. The molecule has 98 heavy (non-hydrogen) atoms. The van der Waals surface area contributed by atoms with E-state index in [1.807, 2.05) is 0 Å². The highest BCUT2D eigenvalue weighted by Crippen LogP contribution is 2.45. The molecule has 17 nitrogen and oxygen atoms in total. The summed E-state index contributed by atoms with van der Waals surface area (Å²) in [6.45, 7) is 7.26. The van der Waals surface area contributed by atoms with Crippen LogP contribution in [0.15, 0.2) is 0 Å². The Balaban J connectivity index is 5.22. The van der Waals surface area contributed by atoms with E-state index < -0.39 is 97.5 Å². The molecule has 0 saturated carbocycles. The fourth-order valence-corrected chi connectivity index (χ4v) is 13.8. The fourth-order valence-electron chi connectivity index (χ4n) is 12.2. The first-order valence-corrected chi connectivity index (χ1v) is 44.1. The lowest BCUT2D eigenvalue weighted by Gasteiger charge is -2.21. The highest BCUT2D eigenvalue weighted by Gasteiger charge is 2.30. The number of phosphoric acid groups is 2. The van der Waals surface area contributed by atoms with E-state index in [0.717, 1.165) is 96.3 Å². The number of hydrogen-bond donors (Lipinski definition) is 3. The first-order valence-electron chi connectivity index (χ1n) is 41.1. The van der Waals surface area contributed by atoms with E-state index in [1.54, 1.807) is 0 Å². The Morgan fingerprint density at radius 2 is 0.469 bits per heavy atom. The van der Waals surface area contributed by atoms with Crippen molar-refractivity contribution in [2.24, 2.45) is 5.92 Å². The zero-order valence-electron chi connectivity index (χ0n) is 63.9. The minimum Gasteiger partial charge on any atom is -0.462 e. The molecule has 0 amide bonds. The third kappa shape index (κ3) is 72.4. The maximum absolute atomic E-state index is 13.1. The first kappa shape index (κ1) is 96.1. The van der Waals surface area contributed by atoms with Gasteiger partial charge in [0.25, 0.3) is 0 Å². The van der Waals surface area contributed by atoms with Gasteiger partial charge in [-0.3, -0.25) is 37.3 Å². The van der Waals surface area contributed by atoms with Gasteiger partial charge >= 0.3 is 39.5 Å². The predicted molar refractivity (Wildman–Crippen MR) is 400 cm³/mol. The van der Waals surface area contributed by atoms with Crippen LogP contribution in [0.2, 0.25) is 0 Å². The minimum atomic E-state index is -4.96. The molecule has 0 aliphatic rings. The number of aliphatic hydroxyl groups is 1. The van der Waals surface area contributed by atoms with E-state index in [-0.39, 0.29) is 25.7 Å². The number of rotatable bonds is 79. The number of carbonyl (C=O) groups excluding carboxylic acids is 4. The van der Waals surface area contributed by atoms with E-state index in [9.17, 15) is 43.2 Å². The molecule has 19 heteroatoms. The van der Waals surface area contributed by atoms with Gasteiger partial charge < -0.3 is 33.8 Å². The lowest BCUT2D eigenvalue weighted by molar-refractivity contribution is -0.161. The Bertz CT molecular complexity index is 1870. The average Bonchev–Trinajstić information content (AvgIpc) is 1.13. The van der Waals surface area contributed by atoms with Gasteiger partial charge in [0.1, 0.15) is 19.3 Å². The van der Waals surface area contributed by atoms with Gasteiger partial charge in [-0.15, -0.1) is 0 Å². The summed E-state index contributed by atoms with van der Waals surface area (Å²) in [6, 6.07) is 0. The summed E-state index contributed by atoms with van der Waals surface area (Å²) in [5, 5.41) is 10.6. The molecule has 0 radical (unpaired) electrons. The zero-order chi connectivity index (χ0) is 71.9. The van der Waals surface area contributed by atoms with Crippen LogP contribution in [0.5, 0.6) is 0 Å². The predicted octanol–water partition coefficient (Wildman–Crippen LogP) is 23.6. The van der Waals surface area contributed by atoms with Gasteiger partial charge in [0.05, 0.1) is 26.4 Å². The molecule has 0 aromatic carbocycles. The normalized spacial score (nSPS) is 13.9. The summed E-state index contributed by atoms with van der Waals surface area (Å²) < 4.78 is 68.6. The molecule has 0 saturated heterocycles. The zero-order valence-corrected chi connectivity index (χ0v) is 65.7. The number of esters is 4. The quantitative estimate of drug-likeness (QED) is 0.0222. The molecule has 0 aromatic rings. The third-order valence-electron chi connectivity index (χ3n) is 18.5. The van der Waals surface area contributed by atoms with Gasteiger partial charge in [-0.2, -0.15) is 0 Å². The largest absolute Gasteiger partial charge is 0.472 e. The van der Waals surface area contributed by atoms with Gasteiger partial charge in [-0.25, -0.2) is 9.13 Å². The second kappa shape index (κ2) is 72.0. The monoisotopic (exact) mass is 1440 g/mol. The standard InChI is InChI=1S/C79H154O17P2/c1-6-9-12-15-18-21-24-27-30-31-32-33-34-35-38-41-44-49-55-60-65-78(83)95-74(68-89-76(81)62-57-52-47-42-39-36-28-25-22-19-16-13-10-7-2)70-93-97(85,86)91-66-73(80)67-92-98(87,88)94-71-75(69-90-77(82)63-58-53-50-45-46-51-56-61-72(4)5)96-79(84)64-59-54-48-43-40-37-29-26-23-20-17-14-11-8-3/h72-75,80H,6-71H2,1-5H3,(H,85,86)(H,87,88)/t73-,74-,75-/m1/s1. The Morgan fingerprint density at radius 3 is 0.694 bits per heavy atom. The van der Waals surface area contributed by atoms with Crippen LogP contribution < -0.4 is 0 Å². The van der Waals surface area contributed by atoms with Crippen molar-refractivity contribution in [1.29, 1.82) is 0 Å². The van der Waals surface area contributed by atoms with Gasteiger partial charge in [0, 0.05) is 25.7 Å². The van der Waals surface area contributed by atoms with Crippen LogP contribution >= 0.6 is 15.6 Å². The van der Waals surface area contributed by atoms with Crippen molar-refractivity contribution < 1.29 is 80.2 Å². The molecule has 0 bridgehead atoms. The second-order valence-electron chi connectivity index (χ2n) is 28.9. The Kier molecular flexibility index (Phi) is 70.6. The van der Waals surface area contributed by atoms with Gasteiger partial charge in [0.2, 0.25) is 0 Å². The maximum Gasteiger partial charge on any atom is 0.472 e. The fraction of sp³-hybridized carbons (Fsp3) is 0.949. The van der Waals surface area contributed by atoms with E-state index in [2.05, 4.69) is 34.6 Å². The van der Waals surface area contributed by atoms with Crippen molar-refractivity contribution in [1.82, 2.24) is 0 Å². The van der Waals surface area contributed by atoms with Crippen LogP contribution in [-0.4, -0.2) is 96.7 Å². The van der Waals surface area contributed by atoms with Crippen molar-refractivity contribution in [3.8, 4) is 0 Å². The average molecular weight is 1440 g/mol. The van der Waals surface area contributed by atoms with Crippen LogP contribution in [0.25, 0.3) is 0 Å². The van der Waals surface area contributed by atoms with E-state index in [0.29, 0.717) is 31.6 Å². The van der Waals surface area contributed by atoms with E-state index in [1.165, 1.54) is 238 Å². The van der Waals surface area contributed by atoms with Gasteiger partial charge in [-0.1, -0.05) is 369 Å². The van der Waals surface area contributed by atoms with Gasteiger partial charge in [-0.05, 0) is 31.6 Å². The summed E-state index contributed by atoms with van der Waals surface area (Å²) in [7, 11) is -9.91. The molecule has 582 valence electrons. The number of unbranched alkanes of at least 4 members (excludes halogenated alkanes) is 51. The van der Waals surface area contributed by atoms with Gasteiger partial charge in [0.15, 0.2) is 12.2 Å². The SMILES string of the molecule is CCCCCCCCCCCCCCCCCCCCCCC(=O)O[C@H](COC(=O)CCCCCCCCCCCCCCCC)COP(=O)(O)OC[C@@H](O)COP(=O)(O)OC[C@@H](COC(=O)CCCCCCCCCC(C)C)OC(=O)CCCCCCCCCCCCCCCC. The number of carbonyl (C=O) groups is 4. The summed E-state index contributed by atoms with van der Waals surface area (Å²) in [6.07, 6.45) is 62.5. The summed E-state index contributed by atoms with van der Waals surface area (Å²) in [4.78, 5) is 72.9. The Morgan fingerprint density at radius 1 is 0.276 bits per heavy atom. The summed E-state index contributed by atoms with van der Waals surface area (Å²) >= 11 is 0. The molecule has 0 aromatic heterocycles. The van der Waals surface area contributed by atoms with Crippen molar-refractivity contribution >= 4 is 39.5 Å². The Hall–Kier alpha value is -1.94. The van der Waals surface area contributed by atoms with Crippen LogP contribution in [0.1, 0.15) is 420 Å². The van der Waals surface area contributed by atoms with Crippen molar-refractivity contribution in [2.75, 3.05) is 39.6 Å². The van der Waals surface area contributed by atoms with Crippen molar-refractivity contribution in [2.45, 2.75) is 438 Å². The molecule has 0 rings (SSSR count). The third-order valence-corrected chi connectivity index (χ3v) is 20.4. The van der Waals surface area contributed by atoms with Crippen LogP contribution in [0, 0.1) is 5.92 Å². The first-order chi connectivity index (χ1) is 47.5. The molecule has 0 heterocycles. The summed E-state index contributed by atoms with van der Waals surface area (Å²) in [5.41, 5.74) is 0. The van der Waals surface area contributed by atoms with Crippen LogP contribution in [0.3, 0.4) is 0 Å². The molecule has 0 fully saturated rings. The molecular weight excluding hydrogens is 1280 g/mol. The highest BCUT2D eigenvalue weighted by atomic mass is 31.2. The highest BCUT2D eigenvalue weighted by molar-refractivity contribution is 7.47. The van der Waals surface area contributed by atoms with E-state index in [4.69, 9.17) is 37.0 Å². The molecule has 0 aliphatic carbocycles. The maximum atomic E-state index is 13.1. The second-order valence-corrected chi connectivity index (χ2v) is 31.8. The lowest BCUT2D eigenvalue weighted by Crippen LogP contribution is -2.30. The number of phosphoric ester groups is 2. The van der Waals surface area contributed by atoms with Crippen molar-refractivity contribution in [3.05, 3.63) is 0 Å². The molecule has 0 aliphatic heterocycles. The molecule has 2 unspecified atom stereocenters.